The van der Waals surface area contributed by atoms with Gasteiger partial charge in [0.15, 0.2) is 5.76 Å². The first kappa shape index (κ1) is 17.7. The van der Waals surface area contributed by atoms with Gasteiger partial charge in [-0.15, -0.1) is 0 Å². The maximum Gasteiger partial charge on any atom is 0.263 e. The third kappa shape index (κ3) is 3.57. The predicted octanol–water partition coefficient (Wildman–Crippen LogP) is 4.25. The van der Waals surface area contributed by atoms with Crippen LogP contribution in [0.15, 0.2) is 45.4 Å². The molecule has 3 heterocycles. The van der Waals surface area contributed by atoms with Crippen molar-refractivity contribution in [2.45, 2.75) is 25.8 Å². The number of aryl methyl sites for hydroxylation is 1. The molecule has 1 aliphatic rings. The summed E-state index contributed by atoms with van der Waals surface area (Å²) in [5.41, 5.74) is 2.16. The fourth-order valence-corrected chi connectivity index (χ4v) is 3.68. The quantitative estimate of drug-likeness (QED) is 0.648. The topological polar surface area (TPSA) is 60.9 Å². The van der Waals surface area contributed by atoms with Crippen LogP contribution in [0.1, 0.15) is 29.4 Å². The Hall–Kier alpha value is -2.73. The van der Waals surface area contributed by atoms with E-state index in [-0.39, 0.29) is 0 Å². The van der Waals surface area contributed by atoms with Gasteiger partial charge in [0.05, 0.1) is 26.2 Å². The molecule has 142 valence electrons. The summed E-state index contributed by atoms with van der Waals surface area (Å²) in [5.74, 6) is 4.22. The summed E-state index contributed by atoms with van der Waals surface area (Å²) in [4.78, 5) is 7.03. The molecular weight excluding hydrogens is 344 g/mol. The van der Waals surface area contributed by atoms with Crippen LogP contribution in [0, 0.1) is 6.92 Å². The highest BCUT2D eigenvalue weighted by Gasteiger charge is 2.28. The minimum absolute atomic E-state index is 0.409. The van der Waals surface area contributed by atoms with Crippen molar-refractivity contribution in [3.8, 4) is 23.1 Å². The van der Waals surface area contributed by atoms with Crippen LogP contribution in [-0.2, 0) is 6.54 Å². The molecule has 2 aromatic heterocycles. The summed E-state index contributed by atoms with van der Waals surface area (Å²) in [6.45, 7) is 4.67. The number of oxazole rings is 1. The zero-order valence-electron chi connectivity index (χ0n) is 15.9. The van der Waals surface area contributed by atoms with Gasteiger partial charge < -0.3 is 18.3 Å². The van der Waals surface area contributed by atoms with Crippen molar-refractivity contribution < 1.29 is 18.3 Å². The van der Waals surface area contributed by atoms with E-state index in [0.717, 1.165) is 49.0 Å². The van der Waals surface area contributed by atoms with Crippen LogP contribution in [0.25, 0.3) is 11.7 Å². The Kier molecular flexibility index (Phi) is 4.90. The monoisotopic (exact) mass is 368 g/mol. The summed E-state index contributed by atoms with van der Waals surface area (Å²) in [6, 6.07) is 9.69. The standard InChI is InChI=1S/C21H24N2O4/c1-14-18(22-21(27-14)20-5-4-10-26-20)13-23-9-8-15(12-23)17-11-16(24-2)6-7-19(17)25-3/h4-7,10-11,15H,8-9,12-13H2,1-3H3. The number of aromatic nitrogens is 1. The molecule has 0 amide bonds. The van der Waals surface area contributed by atoms with Crippen molar-refractivity contribution >= 4 is 0 Å². The Morgan fingerprint density at radius 3 is 2.85 bits per heavy atom. The number of hydrogen-bond acceptors (Lipinski definition) is 6. The lowest BCUT2D eigenvalue weighted by atomic mass is 9.97. The molecule has 0 N–H and O–H groups in total. The third-order valence-corrected chi connectivity index (χ3v) is 5.15. The Morgan fingerprint density at radius 1 is 1.22 bits per heavy atom. The van der Waals surface area contributed by atoms with Gasteiger partial charge in [0.25, 0.3) is 5.89 Å². The van der Waals surface area contributed by atoms with E-state index >= 15 is 0 Å². The Labute approximate surface area is 158 Å². The third-order valence-electron chi connectivity index (χ3n) is 5.15. The number of benzene rings is 1. The molecule has 3 aromatic rings. The van der Waals surface area contributed by atoms with Crippen LogP contribution in [0.5, 0.6) is 11.5 Å². The minimum Gasteiger partial charge on any atom is -0.497 e. The van der Waals surface area contributed by atoms with Gasteiger partial charge in [0.2, 0.25) is 0 Å². The van der Waals surface area contributed by atoms with Gasteiger partial charge in [-0.2, -0.15) is 0 Å². The molecule has 0 aliphatic carbocycles. The summed E-state index contributed by atoms with van der Waals surface area (Å²) in [7, 11) is 3.41. The molecule has 1 aliphatic heterocycles. The Balaban J connectivity index is 1.48. The smallest absolute Gasteiger partial charge is 0.263 e. The largest absolute Gasteiger partial charge is 0.497 e. The van der Waals surface area contributed by atoms with E-state index in [1.165, 1.54) is 5.56 Å². The van der Waals surface area contributed by atoms with Gasteiger partial charge in [-0.25, -0.2) is 4.98 Å². The summed E-state index contributed by atoms with van der Waals surface area (Å²) >= 11 is 0. The molecule has 1 unspecified atom stereocenters. The average molecular weight is 368 g/mol. The van der Waals surface area contributed by atoms with Gasteiger partial charge in [-0.3, -0.25) is 4.90 Å². The first-order valence-electron chi connectivity index (χ1n) is 9.12. The van der Waals surface area contributed by atoms with Crippen molar-refractivity contribution in [1.29, 1.82) is 0 Å². The zero-order chi connectivity index (χ0) is 18.8. The first-order valence-corrected chi connectivity index (χ1v) is 9.12. The highest BCUT2D eigenvalue weighted by Crippen LogP contribution is 2.36. The molecule has 6 nitrogen and oxygen atoms in total. The maximum atomic E-state index is 5.78. The average Bonchev–Trinajstić information content (AvgIpc) is 3.43. The van der Waals surface area contributed by atoms with Crippen molar-refractivity contribution in [3.63, 3.8) is 0 Å². The lowest BCUT2D eigenvalue weighted by molar-refractivity contribution is 0.319. The number of likely N-dealkylation sites (tertiary alicyclic amines) is 1. The molecular formula is C21H24N2O4. The number of furan rings is 1. The van der Waals surface area contributed by atoms with Gasteiger partial charge in [0, 0.05) is 24.6 Å². The van der Waals surface area contributed by atoms with Crippen molar-refractivity contribution in [1.82, 2.24) is 9.88 Å². The highest BCUT2D eigenvalue weighted by molar-refractivity contribution is 5.45. The van der Waals surface area contributed by atoms with Crippen LogP contribution in [0.3, 0.4) is 0 Å². The van der Waals surface area contributed by atoms with E-state index in [2.05, 4.69) is 16.0 Å². The van der Waals surface area contributed by atoms with Crippen LogP contribution in [0.4, 0.5) is 0 Å². The highest BCUT2D eigenvalue weighted by atomic mass is 16.5. The van der Waals surface area contributed by atoms with E-state index in [9.17, 15) is 0 Å². The second-order valence-corrected chi connectivity index (χ2v) is 6.83. The number of hydrogen-bond donors (Lipinski definition) is 0. The van der Waals surface area contributed by atoms with E-state index < -0.39 is 0 Å². The molecule has 1 aromatic carbocycles. The fraction of sp³-hybridized carbons (Fsp3) is 0.381. The zero-order valence-corrected chi connectivity index (χ0v) is 15.9. The maximum absolute atomic E-state index is 5.78. The van der Waals surface area contributed by atoms with Crippen molar-refractivity contribution in [2.24, 2.45) is 0 Å². The molecule has 1 saturated heterocycles. The number of nitrogens with zero attached hydrogens (tertiary/aromatic N) is 2. The van der Waals surface area contributed by atoms with Crippen LogP contribution >= 0.6 is 0 Å². The number of rotatable bonds is 6. The molecule has 0 bridgehead atoms. The van der Waals surface area contributed by atoms with Crippen molar-refractivity contribution in [2.75, 3.05) is 27.3 Å². The molecule has 1 fully saturated rings. The Bertz CT molecular complexity index is 901. The van der Waals surface area contributed by atoms with Crippen molar-refractivity contribution in [3.05, 3.63) is 53.6 Å². The fourth-order valence-electron chi connectivity index (χ4n) is 3.68. The Morgan fingerprint density at radius 2 is 2.11 bits per heavy atom. The van der Waals surface area contributed by atoms with E-state index in [1.54, 1.807) is 20.5 Å². The summed E-state index contributed by atoms with van der Waals surface area (Å²) in [6.07, 6.45) is 2.70. The van der Waals surface area contributed by atoms with E-state index in [1.807, 2.05) is 31.2 Å². The second-order valence-electron chi connectivity index (χ2n) is 6.83. The molecule has 27 heavy (non-hydrogen) atoms. The number of ether oxygens (including phenoxy) is 2. The second kappa shape index (κ2) is 7.48. The van der Waals surface area contributed by atoms with Gasteiger partial charge in [-0.1, -0.05) is 0 Å². The van der Waals surface area contributed by atoms with Gasteiger partial charge >= 0.3 is 0 Å². The van der Waals surface area contributed by atoms with E-state index in [0.29, 0.717) is 17.6 Å². The minimum atomic E-state index is 0.409. The van der Waals surface area contributed by atoms with Crippen LogP contribution < -0.4 is 9.47 Å². The lowest BCUT2D eigenvalue weighted by Gasteiger charge is -2.17. The molecule has 1 atom stereocenters. The first-order chi connectivity index (χ1) is 13.2. The number of methoxy groups -OCH3 is 2. The van der Waals surface area contributed by atoms with Crippen LogP contribution in [-0.4, -0.2) is 37.2 Å². The van der Waals surface area contributed by atoms with Gasteiger partial charge in [0.1, 0.15) is 17.3 Å². The van der Waals surface area contributed by atoms with Crippen LogP contribution in [0.2, 0.25) is 0 Å². The molecule has 0 spiro atoms. The molecule has 6 heteroatoms. The summed E-state index contributed by atoms with van der Waals surface area (Å²) in [5, 5.41) is 0. The molecule has 4 rings (SSSR count). The lowest BCUT2D eigenvalue weighted by Crippen LogP contribution is -2.20. The molecule has 0 saturated carbocycles. The summed E-state index contributed by atoms with van der Waals surface area (Å²) < 4.78 is 22.1. The predicted molar refractivity (Wildman–Crippen MR) is 101 cm³/mol. The normalized spacial score (nSPS) is 17.4. The molecule has 0 radical (unpaired) electrons. The van der Waals surface area contributed by atoms with E-state index in [4.69, 9.17) is 18.3 Å². The van der Waals surface area contributed by atoms with Gasteiger partial charge in [-0.05, 0) is 50.2 Å². The SMILES string of the molecule is COc1ccc(OC)c(C2CCN(Cc3nc(-c4ccco4)oc3C)C2)c1.